The molecule has 0 spiro atoms. The maximum atomic E-state index is 2.29. The predicted molar refractivity (Wildman–Crippen MR) is 50.2 cm³/mol. The van der Waals surface area contributed by atoms with E-state index in [1.54, 1.807) is 0 Å². The normalized spacial score (nSPS) is 9.50. The molecule has 0 unspecified atom stereocenters. The molecule has 0 heterocycles. The summed E-state index contributed by atoms with van der Waals surface area (Å²) in [7, 11) is 0. The Labute approximate surface area is 119 Å². The van der Waals surface area contributed by atoms with Crippen LogP contribution in [-0.2, 0) is 31.6 Å². The van der Waals surface area contributed by atoms with Crippen LogP contribution in [0, 0.1) is 13.8 Å². The molecule has 0 amide bonds. The summed E-state index contributed by atoms with van der Waals surface area (Å²) in [5.41, 5.74) is 4.59. The van der Waals surface area contributed by atoms with Gasteiger partial charge < -0.3 is 24.8 Å². The van der Waals surface area contributed by atoms with Crippen molar-refractivity contribution in [2.24, 2.45) is 0 Å². The molecule has 0 fully saturated rings. The molecule has 1 aromatic carbocycles. The van der Waals surface area contributed by atoms with Gasteiger partial charge in [0.05, 0.1) is 0 Å². The molecular weight excluding hydrogens is 294 g/mol. The number of hydrogen-bond donors (Lipinski definition) is 0. The largest absolute Gasteiger partial charge is 3.00 e. The Kier molecular flexibility index (Phi) is 10.3. The van der Waals surface area contributed by atoms with E-state index in [0.717, 1.165) is 0 Å². The molecule has 0 aliphatic heterocycles. The maximum Gasteiger partial charge on any atom is 3.00 e. The van der Waals surface area contributed by atoms with Crippen LogP contribution in [0.5, 0.6) is 0 Å². The van der Waals surface area contributed by atoms with Crippen LogP contribution >= 0.6 is 0 Å². The molecule has 0 bridgehead atoms. The molecule has 1 radical (unpaired) electrons. The monoisotopic (exact) mass is 309 g/mol. The second-order valence-electron chi connectivity index (χ2n) is 4.38. The van der Waals surface area contributed by atoms with Crippen molar-refractivity contribution in [3.63, 3.8) is 0 Å². The van der Waals surface area contributed by atoms with E-state index >= 15 is 0 Å². The Morgan fingerprint density at radius 2 is 1.50 bits per heavy atom. The van der Waals surface area contributed by atoms with E-state index in [0.29, 0.717) is 5.41 Å². The second kappa shape index (κ2) is 7.15. The van der Waals surface area contributed by atoms with Crippen LogP contribution in [0.1, 0.15) is 37.5 Å². The van der Waals surface area contributed by atoms with E-state index < -0.39 is 0 Å². The molecular formula is C11H17Cl2Zr. The van der Waals surface area contributed by atoms with Gasteiger partial charge in [-0.15, -0.1) is 0 Å². The van der Waals surface area contributed by atoms with E-state index in [4.69, 9.17) is 0 Å². The van der Waals surface area contributed by atoms with Crippen molar-refractivity contribution in [3.8, 4) is 0 Å². The van der Waals surface area contributed by atoms with Crippen LogP contribution in [0.3, 0.4) is 0 Å². The number of hydrogen-bond acceptors (Lipinski definition) is 0. The van der Waals surface area contributed by atoms with E-state index in [-0.39, 0.29) is 51.0 Å². The van der Waals surface area contributed by atoms with E-state index in [1.165, 1.54) is 16.7 Å². The van der Waals surface area contributed by atoms with Gasteiger partial charge in [-0.05, 0) is 0 Å². The van der Waals surface area contributed by atoms with Crippen LogP contribution in [0.15, 0.2) is 12.1 Å². The molecule has 0 atom stereocenters. The third kappa shape index (κ3) is 5.05. The van der Waals surface area contributed by atoms with Crippen LogP contribution in [0.2, 0.25) is 0 Å². The van der Waals surface area contributed by atoms with E-state index in [9.17, 15) is 0 Å². The Hall–Kier alpha value is 0.813. The van der Waals surface area contributed by atoms with Crippen molar-refractivity contribution in [1.29, 1.82) is 0 Å². The number of rotatable bonds is 0. The van der Waals surface area contributed by atoms with Gasteiger partial charge in [0.2, 0.25) is 0 Å². The van der Waals surface area contributed by atoms with Gasteiger partial charge >= 0.3 is 26.2 Å². The SMILES string of the molecule is Cc1cc(C(C)(C)C)c(C)[cH-]1.[Cl-].[Cl-].[Zr+3]. The molecule has 79 valence electrons. The summed E-state index contributed by atoms with van der Waals surface area (Å²) < 4.78 is 0. The quantitative estimate of drug-likeness (QED) is 0.459. The fraction of sp³-hybridized carbons (Fsp3) is 0.545. The number of halogens is 2. The first kappa shape index (κ1) is 20.3. The minimum absolute atomic E-state index is 0. The van der Waals surface area contributed by atoms with Gasteiger partial charge in [0.15, 0.2) is 0 Å². The molecule has 0 saturated heterocycles. The molecule has 0 N–H and O–H groups in total. The van der Waals surface area contributed by atoms with Crippen molar-refractivity contribution in [1.82, 2.24) is 0 Å². The second-order valence-corrected chi connectivity index (χ2v) is 4.38. The average molecular weight is 311 g/mol. The Bertz CT molecular complexity index is 259. The zero-order valence-electron chi connectivity index (χ0n) is 9.41. The molecule has 0 saturated carbocycles. The molecule has 0 aliphatic rings. The summed E-state index contributed by atoms with van der Waals surface area (Å²) in [5.74, 6) is 0. The van der Waals surface area contributed by atoms with Gasteiger partial charge in [-0.3, -0.25) is 0 Å². The first-order valence-corrected chi connectivity index (χ1v) is 4.15. The van der Waals surface area contributed by atoms with Gasteiger partial charge in [0, 0.05) is 0 Å². The smallest absolute Gasteiger partial charge is 1.00 e. The van der Waals surface area contributed by atoms with Crippen molar-refractivity contribution in [3.05, 3.63) is 28.8 Å². The van der Waals surface area contributed by atoms with Gasteiger partial charge in [0.25, 0.3) is 0 Å². The van der Waals surface area contributed by atoms with Crippen LogP contribution in [0.4, 0.5) is 0 Å². The third-order valence-corrected chi connectivity index (χ3v) is 2.05. The Morgan fingerprint density at radius 1 is 1.07 bits per heavy atom. The van der Waals surface area contributed by atoms with Crippen LogP contribution < -0.4 is 24.8 Å². The summed E-state index contributed by atoms with van der Waals surface area (Å²) in [4.78, 5) is 0. The van der Waals surface area contributed by atoms with E-state index in [1.807, 2.05) is 0 Å². The standard InChI is InChI=1S/C11H17.2ClH.Zr/c1-8-6-9(2)10(7-8)11(3,4)5;;;/h6-7H,1-5H3;2*1H;/q-1;;;+3/p-2. The molecule has 1 rings (SSSR count). The van der Waals surface area contributed by atoms with Crippen molar-refractivity contribution >= 4 is 0 Å². The maximum absolute atomic E-state index is 2.29. The third-order valence-electron chi connectivity index (χ3n) is 2.05. The van der Waals surface area contributed by atoms with Gasteiger partial charge in [-0.25, -0.2) is 6.07 Å². The Balaban J connectivity index is -0.000000403. The average Bonchev–Trinajstić information content (AvgIpc) is 2.08. The van der Waals surface area contributed by atoms with Crippen molar-refractivity contribution in [2.75, 3.05) is 0 Å². The first-order chi connectivity index (χ1) is 4.91. The van der Waals surface area contributed by atoms with Crippen molar-refractivity contribution < 1.29 is 51.0 Å². The fourth-order valence-electron chi connectivity index (χ4n) is 1.61. The van der Waals surface area contributed by atoms with Crippen molar-refractivity contribution in [2.45, 2.75) is 40.0 Å². The number of aryl methyl sites for hydroxylation is 2. The minimum atomic E-state index is 0. The summed E-state index contributed by atoms with van der Waals surface area (Å²) >= 11 is 0. The molecule has 0 nitrogen and oxygen atoms in total. The summed E-state index contributed by atoms with van der Waals surface area (Å²) in [6.07, 6.45) is 0. The topological polar surface area (TPSA) is 0 Å². The zero-order chi connectivity index (χ0) is 8.65. The zero-order valence-corrected chi connectivity index (χ0v) is 13.4. The van der Waals surface area contributed by atoms with Crippen LogP contribution in [-0.4, -0.2) is 0 Å². The molecule has 14 heavy (non-hydrogen) atoms. The summed E-state index contributed by atoms with van der Waals surface area (Å²) in [6, 6.07) is 4.54. The summed E-state index contributed by atoms with van der Waals surface area (Å²) in [6.45, 7) is 11.1. The predicted octanol–water partition coefficient (Wildman–Crippen LogP) is -2.67. The van der Waals surface area contributed by atoms with E-state index in [2.05, 4.69) is 46.8 Å². The van der Waals surface area contributed by atoms with Gasteiger partial charge in [-0.1, -0.05) is 40.0 Å². The summed E-state index contributed by atoms with van der Waals surface area (Å²) in [5, 5.41) is 0. The Morgan fingerprint density at radius 3 is 1.64 bits per heavy atom. The molecule has 3 heteroatoms. The first-order valence-electron chi connectivity index (χ1n) is 4.15. The van der Waals surface area contributed by atoms with Crippen LogP contribution in [0.25, 0.3) is 0 Å². The van der Waals surface area contributed by atoms with Gasteiger partial charge in [0.1, 0.15) is 0 Å². The minimum Gasteiger partial charge on any atom is -1.00 e. The molecule has 0 aromatic heterocycles. The fourth-order valence-corrected chi connectivity index (χ4v) is 1.61. The molecule has 0 aliphatic carbocycles. The van der Waals surface area contributed by atoms with Gasteiger partial charge in [-0.2, -0.15) is 22.8 Å². The molecule has 1 aromatic rings.